The maximum atomic E-state index is 11.9. The van der Waals surface area contributed by atoms with Crippen LogP contribution in [0, 0.1) is 10.1 Å². The van der Waals surface area contributed by atoms with Gasteiger partial charge in [0.1, 0.15) is 5.69 Å². The van der Waals surface area contributed by atoms with Crippen molar-refractivity contribution in [1.29, 1.82) is 0 Å². The quantitative estimate of drug-likeness (QED) is 0.357. The summed E-state index contributed by atoms with van der Waals surface area (Å²) in [5.74, 6) is 4.84. The number of aromatic amines is 1. The molecule has 104 valence electrons. The molecule has 0 saturated carbocycles. The van der Waals surface area contributed by atoms with E-state index in [0.29, 0.717) is 0 Å². The van der Waals surface area contributed by atoms with Crippen LogP contribution in [-0.4, -0.2) is 20.8 Å². The van der Waals surface area contributed by atoms with E-state index < -0.39 is 4.92 Å². The van der Waals surface area contributed by atoms with Crippen molar-refractivity contribution in [3.8, 4) is 0 Å². The van der Waals surface area contributed by atoms with Gasteiger partial charge in [0.05, 0.1) is 23.5 Å². The Hall–Kier alpha value is -2.94. The summed E-state index contributed by atoms with van der Waals surface area (Å²) in [6.45, 7) is 0.279. The fourth-order valence-corrected chi connectivity index (χ4v) is 1.61. The summed E-state index contributed by atoms with van der Waals surface area (Å²) >= 11 is 0. The lowest BCUT2D eigenvalue weighted by Crippen LogP contribution is -2.23. The average Bonchev–Trinajstić information content (AvgIpc) is 2.97. The molecule has 5 N–H and O–H groups in total. The summed E-state index contributed by atoms with van der Waals surface area (Å²) in [6.07, 6.45) is 3.09. The van der Waals surface area contributed by atoms with Crippen LogP contribution in [0.5, 0.6) is 0 Å². The first-order valence-electron chi connectivity index (χ1n) is 5.62. The van der Waals surface area contributed by atoms with Crippen molar-refractivity contribution in [2.45, 2.75) is 6.54 Å². The van der Waals surface area contributed by atoms with E-state index in [9.17, 15) is 14.9 Å². The SMILES string of the molecule is NNc1cc(C(=O)NCc2cnc[nH]2)ccc1[N+](=O)[O-]. The van der Waals surface area contributed by atoms with Gasteiger partial charge in [0.25, 0.3) is 11.6 Å². The number of anilines is 1. The van der Waals surface area contributed by atoms with Crippen molar-refractivity contribution in [1.82, 2.24) is 15.3 Å². The van der Waals surface area contributed by atoms with Gasteiger partial charge in [-0.15, -0.1) is 0 Å². The van der Waals surface area contributed by atoms with Crippen LogP contribution in [-0.2, 0) is 6.54 Å². The average molecular weight is 276 g/mol. The molecule has 0 radical (unpaired) electrons. The number of nitrogens with zero attached hydrogens (tertiary/aromatic N) is 2. The number of H-pyrrole nitrogens is 1. The van der Waals surface area contributed by atoms with E-state index in [0.717, 1.165) is 5.69 Å². The van der Waals surface area contributed by atoms with E-state index in [2.05, 4.69) is 20.7 Å². The molecular formula is C11H12N6O3. The molecule has 0 saturated heterocycles. The molecular weight excluding hydrogens is 264 g/mol. The van der Waals surface area contributed by atoms with E-state index in [1.165, 1.54) is 24.5 Å². The highest BCUT2D eigenvalue weighted by Crippen LogP contribution is 2.24. The van der Waals surface area contributed by atoms with Gasteiger partial charge in [-0.05, 0) is 12.1 Å². The normalized spacial score (nSPS) is 10.1. The summed E-state index contributed by atoms with van der Waals surface area (Å²) in [5, 5.41) is 13.4. The summed E-state index contributed by atoms with van der Waals surface area (Å²) < 4.78 is 0. The van der Waals surface area contributed by atoms with Crippen molar-refractivity contribution in [2.24, 2.45) is 5.84 Å². The Kier molecular flexibility index (Phi) is 3.91. The van der Waals surface area contributed by atoms with Gasteiger partial charge in [-0.2, -0.15) is 0 Å². The zero-order valence-corrected chi connectivity index (χ0v) is 10.3. The summed E-state index contributed by atoms with van der Waals surface area (Å²) in [6, 6.07) is 3.90. The van der Waals surface area contributed by atoms with Crippen LogP contribution in [0.3, 0.4) is 0 Å². The molecule has 0 unspecified atom stereocenters. The Morgan fingerprint density at radius 3 is 2.90 bits per heavy atom. The molecule has 0 aliphatic rings. The molecule has 9 nitrogen and oxygen atoms in total. The molecule has 9 heteroatoms. The van der Waals surface area contributed by atoms with Crippen molar-refractivity contribution < 1.29 is 9.72 Å². The number of nitro groups is 1. The second kappa shape index (κ2) is 5.80. The molecule has 1 aromatic heterocycles. The Balaban J connectivity index is 2.12. The highest BCUT2D eigenvalue weighted by molar-refractivity contribution is 5.95. The van der Waals surface area contributed by atoms with Gasteiger partial charge < -0.3 is 15.7 Å². The lowest BCUT2D eigenvalue weighted by molar-refractivity contribution is -0.384. The van der Waals surface area contributed by atoms with E-state index in [1.807, 2.05) is 0 Å². The van der Waals surface area contributed by atoms with E-state index in [-0.39, 0.29) is 29.4 Å². The van der Waals surface area contributed by atoms with E-state index >= 15 is 0 Å². The monoisotopic (exact) mass is 276 g/mol. The second-order valence-corrected chi connectivity index (χ2v) is 3.89. The third-order valence-electron chi connectivity index (χ3n) is 2.61. The highest BCUT2D eigenvalue weighted by atomic mass is 16.6. The van der Waals surface area contributed by atoms with Crippen molar-refractivity contribution in [3.63, 3.8) is 0 Å². The van der Waals surface area contributed by atoms with Gasteiger partial charge in [0, 0.05) is 17.8 Å². The number of nitrogens with two attached hydrogens (primary N) is 1. The third kappa shape index (κ3) is 2.90. The number of amides is 1. The number of hydrogen-bond donors (Lipinski definition) is 4. The third-order valence-corrected chi connectivity index (χ3v) is 2.61. The summed E-state index contributed by atoms with van der Waals surface area (Å²) in [7, 11) is 0. The number of nitro benzene ring substituents is 1. The molecule has 2 rings (SSSR count). The minimum absolute atomic E-state index is 0.0733. The molecule has 0 aliphatic carbocycles. The van der Waals surface area contributed by atoms with Crippen molar-refractivity contribution >= 4 is 17.3 Å². The number of imidazole rings is 1. The van der Waals surface area contributed by atoms with Gasteiger partial charge in [0.2, 0.25) is 0 Å². The molecule has 1 amide bonds. The van der Waals surface area contributed by atoms with Crippen molar-refractivity contribution in [2.75, 3.05) is 5.43 Å². The molecule has 1 aromatic carbocycles. The van der Waals surface area contributed by atoms with E-state index in [4.69, 9.17) is 5.84 Å². The van der Waals surface area contributed by atoms with Gasteiger partial charge in [-0.25, -0.2) is 4.98 Å². The number of nitrogen functional groups attached to an aromatic ring is 1. The fraction of sp³-hybridized carbons (Fsp3) is 0.0909. The lowest BCUT2D eigenvalue weighted by Gasteiger charge is -2.06. The predicted molar refractivity (Wildman–Crippen MR) is 70.7 cm³/mol. The largest absolute Gasteiger partial charge is 0.347 e. The number of carbonyl (C=O) groups excluding carboxylic acids is 1. The topological polar surface area (TPSA) is 139 Å². The zero-order chi connectivity index (χ0) is 14.5. The number of aromatic nitrogens is 2. The first-order chi connectivity index (χ1) is 9.61. The molecule has 0 spiro atoms. The highest BCUT2D eigenvalue weighted by Gasteiger charge is 2.16. The number of hydrazine groups is 1. The number of hydrogen-bond acceptors (Lipinski definition) is 6. The Labute approximate surface area is 113 Å². The van der Waals surface area contributed by atoms with Crippen LogP contribution in [0.25, 0.3) is 0 Å². The number of rotatable bonds is 5. The van der Waals surface area contributed by atoms with Gasteiger partial charge in [0.15, 0.2) is 0 Å². The molecule has 20 heavy (non-hydrogen) atoms. The van der Waals surface area contributed by atoms with Gasteiger partial charge in [-0.3, -0.25) is 20.8 Å². The fourth-order valence-electron chi connectivity index (χ4n) is 1.61. The van der Waals surface area contributed by atoms with Crippen LogP contribution >= 0.6 is 0 Å². The molecule has 1 heterocycles. The van der Waals surface area contributed by atoms with Crippen molar-refractivity contribution in [3.05, 3.63) is 52.1 Å². The first-order valence-corrected chi connectivity index (χ1v) is 5.62. The molecule has 0 bridgehead atoms. The summed E-state index contributed by atoms with van der Waals surface area (Å²) in [4.78, 5) is 28.7. The summed E-state index contributed by atoms with van der Waals surface area (Å²) in [5.41, 5.74) is 3.10. The molecule has 0 fully saturated rings. The minimum Gasteiger partial charge on any atom is -0.347 e. The van der Waals surface area contributed by atoms with E-state index in [1.54, 1.807) is 6.20 Å². The number of benzene rings is 1. The minimum atomic E-state index is -0.582. The van der Waals surface area contributed by atoms with Crippen LogP contribution < -0.4 is 16.6 Å². The Morgan fingerprint density at radius 1 is 1.50 bits per heavy atom. The van der Waals surface area contributed by atoms with Crippen LogP contribution in [0.2, 0.25) is 0 Å². The zero-order valence-electron chi connectivity index (χ0n) is 10.3. The molecule has 2 aromatic rings. The number of carbonyl (C=O) groups is 1. The second-order valence-electron chi connectivity index (χ2n) is 3.89. The van der Waals surface area contributed by atoms with Gasteiger partial charge in [-0.1, -0.05) is 0 Å². The Bertz CT molecular complexity index is 625. The number of nitrogens with one attached hydrogen (secondary N) is 3. The predicted octanol–water partition coefficient (Wildman–Crippen LogP) is 0.533. The first kappa shape index (κ1) is 13.5. The Morgan fingerprint density at radius 2 is 2.30 bits per heavy atom. The lowest BCUT2D eigenvalue weighted by atomic mass is 10.1. The van der Waals surface area contributed by atoms with Crippen LogP contribution in [0.15, 0.2) is 30.7 Å². The maximum Gasteiger partial charge on any atom is 0.293 e. The smallest absolute Gasteiger partial charge is 0.293 e. The molecule has 0 aliphatic heterocycles. The maximum absolute atomic E-state index is 11.9. The standard InChI is InChI=1S/C11H12N6O3/c12-16-9-3-7(1-2-10(9)17(19)20)11(18)14-5-8-4-13-6-15-8/h1-4,6,16H,5,12H2,(H,13,15)(H,14,18). The van der Waals surface area contributed by atoms with Crippen LogP contribution in [0.1, 0.15) is 16.1 Å². The molecule has 0 atom stereocenters. The van der Waals surface area contributed by atoms with Crippen LogP contribution in [0.4, 0.5) is 11.4 Å². The van der Waals surface area contributed by atoms with Gasteiger partial charge >= 0.3 is 0 Å².